The third kappa shape index (κ3) is 3.40. The summed E-state index contributed by atoms with van der Waals surface area (Å²) in [5, 5.41) is 2.06. The van der Waals surface area contributed by atoms with Crippen LogP contribution < -0.4 is 4.74 Å². The molecule has 0 N–H and O–H groups in total. The van der Waals surface area contributed by atoms with Crippen molar-refractivity contribution in [2.75, 3.05) is 20.2 Å². The van der Waals surface area contributed by atoms with Gasteiger partial charge in [-0.15, -0.1) is 0 Å². The second-order valence-electron chi connectivity index (χ2n) is 5.87. The molecule has 122 valence electrons. The van der Waals surface area contributed by atoms with Gasteiger partial charge in [-0.2, -0.15) is 0 Å². The summed E-state index contributed by atoms with van der Waals surface area (Å²) in [5.41, 5.74) is 1.83. The van der Waals surface area contributed by atoms with Crippen molar-refractivity contribution < 1.29 is 9.53 Å². The van der Waals surface area contributed by atoms with Gasteiger partial charge < -0.3 is 9.64 Å². The largest absolute Gasteiger partial charge is 0.491 e. The Hall–Kier alpha value is -2.81. The molecule has 24 heavy (non-hydrogen) atoms. The summed E-state index contributed by atoms with van der Waals surface area (Å²) >= 11 is 0. The fourth-order valence-corrected chi connectivity index (χ4v) is 2.73. The van der Waals surface area contributed by atoms with Crippen LogP contribution in [0, 0.1) is 6.92 Å². The molecule has 0 unspecified atom stereocenters. The van der Waals surface area contributed by atoms with E-state index in [1.54, 1.807) is 4.90 Å². The summed E-state index contributed by atoms with van der Waals surface area (Å²) in [4.78, 5) is 14.4. The van der Waals surface area contributed by atoms with Gasteiger partial charge in [0.1, 0.15) is 12.4 Å². The lowest BCUT2D eigenvalue weighted by atomic mass is 10.0. The molecule has 0 aliphatic carbocycles. The molecule has 0 bridgehead atoms. The molecule has 3 nitrogen and oxygen atoms in total. The van der Waals surface area contributed by atoms with E-state index in [0.29, 0.717) is 13.2 Å². The molecule has 0 atom stereocenters. The van der Waals surface area contributed by atoms with E-state index in [0.717, 1.165) is 27.6 Å². The number of aryl methyl sites for hydroxylation is 1. The molecule has 0 radical (unpaired) electrons. The van der Waals surface area contributed by atoms with Crippen LogP contribution >= 0.6 is 0 Å². The summed E-state index contributed by atoms with van der Waals surface area (Å²) in [7, 11) is 1.81. The Balaban J connectivity index is 1.67. The lowest BCUT2D eigenvalue weighted by Crippen LogP contribution is -2.31. The van der Waals surface area contributed by atoms with Crippen LogP contribution in [-0.4, -0.2) is 31.0 Å². The fourth-order valence-electron chi connectivity index (χ4n) is 2.73. The monoisotopic (exact) mass is 319 g/mol. The third-order valence-electron chi connectivity index (χ3n) is 4.14. The second-order valence-corrected chi connectivity index (χ2v) is 5.87. The number of hydrogen-bond donors (Lipinski definition) is 0. The maximum absolute atomic E-state index is 12.7. The molecular formula is C21H21NO2. The molecule has 0 aliphatic rings. The highest BCUT2D eigenvalue weighted by Gasteiger charge is 2.14. The average Bonchev–Trinajstić information content (AvgIpc) is 2.62. The Morgan fingerprint density at radius 3 is 2.50 bits per heavy atom. The fraction of sp³-hybridized carbons (Fsp3) is 0.190. The van der Waals surface area contributed by atoms with Gasteiger partial charge in [-0.3, -0.25) is 4.79 Å². The van der Waals surface area contributed by atoms with Crippen LogP contribution in [0.4, 0.5) is 0 Å². The van der Waals surface area contributed by atoms with Crippen molar-refractivity contribution in [1.82, 2.24) is 4.90 Å². The van der Waals surface area contributed by atoms with Crippen molar-refractivity contribution in [2.24, 2.45) is 0 Å². The predicted molar refractivity (Wildman–Crippen MR) is 97.6 cm³/mol. The highest BCUT2D eigenvalue weighted by molar-refractivity contribution is 6.06. The van der Waals surface area contributed by atoms with Crippen LogP contribution in [0.3, 0.4) is 0 Å². The molecule has 1 amide bonds. The Morgan fingerprint density at radius 2 is 1.67 bits per heavy atom. The molecule has 0 aromatic heterocycles. The predicted octanol–water partition coefficient (Wildman–Crippen LogP) is 4.30. The van der Waals surface area contributed by atoms with E-state index < -0.39 is 0 Å². The van der Waals surface area contributed by atoms with Gasteiger partial charge in [-0.1, -0.05) is 54.6 Å². The van der Waals surface area contributed by atoms with Crippen LogP contribution in [0.15, 0.2) is 66.7 Å². The number of rotatable bonds is 5. The van der Waals surface area contributed by atoms with Gasteiger partial charge in [-0.25, -0.2) is 0 Å². The van der Waals surface area contributed by atoms with Gasteiger partial charge in [0.05, 0.1) is 6.54 Å². The number of likely N-dealkylation sites (N-methyl/N-ethyl adjacent to an activating group) is 1. The molecule has 3 heteroatoms. The number of ether oxygens (including phenoxy) is 1. The van der Waals surface area contributed by atoms with E-state index in [9.17, 15) is 4.79 Å². The molecule has 0 fully saturated rings. The highest BCUT2D eigenvalue weighted by Crippen LogP contribution is 2.20. The molecule has 0 saturated carbocycles. The highest BCUT2D eigenvalue weighted by atomic mass is 16.5. The van der Waals surface area contributed by atoms with Crippen LogP contribution in [-0.2, 0) is 0 Å². The molecule has 0 saturated heterocycles. The minimum atomic E-state index is 0.0141. The lowest BCUT2D eigenvalue weighted by Gasteiger charge is -2.19. The minimum Gasteiger partial charge on any atom is -0.491 e. The molecular weight excluding hydrogens is 298 g/mol. The van der Waals surface area contributed by atoms with E-state index >= 15 is 0 Å². The SMILES string of the molecule is Cc1ccccc1OCCN(C)C(=O)c1cccc2ccccc12. The number of para-hydroxylation sites is 1. The van der Waals surface area contributed by atoms with Gasteiger partial charge in [0, 0.05) is 12.6 Å². The van der Waals surface area contributed by atoms with Crippen molar-refractivity contribution >= 4 is 16.7 Å². The molecule has 3 rings (SSSR count). The van der Waals surface area contributed by atoms with Gasteiger partial charge in [-0.05, 0) is 35.4 Å². The molecule has 0 spiro atoms. The Labute approximate surface area is 142 Å². The lowest BCUT2D eigenvalue weighted by molar-refractivity contribution is 0.0775. The first-order valence-corrected chi connectivity index (χ1v) is 8.08. The van der Waals surface area contributed by atoms with Crippen LogP contribution in [0.25, 0.3) is 10.8 Å². The summed E-state index contributed by atoms with van der Waals surface area (Å²) < 4.78 is 5.79. The zero-order valence-corrected chi connectivity index (χ0v) is 14.0. The Morgan fingerprint density at radius 1 is 0.958 bits per heavy atom. The summed E-state index contributed by atoms with van der Waals surface area (Å²) in [6.07, 6.45) is 0. The number of fused-ring (bicyclic) bond motifs is 1. The zero-order valence-electron chi connectivity index (χ0n) is 14.0. The van der Waals surface area contributed by atoms with E-state index in [2.05, 4.69) is 0 Å². The molecule has 3 aromatic rings. The topological polar surface area (TPSA) is 29.5 Å². The first-order chi connectivity index (χ1) is 11.7. The van der Waals surface area contributed by atoms with Crippen molar-refractivity contribution in [2.45, 2.75) is 6.92 Å². The summed E-state index contributed by atoms with van der Waals surface area (Å²) in [6.45, 7) is 3.02. The number of amides is 1. The number of hydrogen-bond acceptors (Lipinski definition) is 2. The quantitative estimate of drug-likeness (QED) is 0.702. The van der Waals surface area contributed by atoms with Crippen LogP contribution in [0.5, 0.6) is 5.75 Å². The third-order valence-corrected chi connectivity index (χ3v) is 4.14. The Kier molecular flexibility index (Phi) is 4.80. The van der Waals surface area contributed by atoms with Crippen molar-refractivity contribution in [3.8, 4) is 5.75 Å². The first kappa shape index (κ1) is 16.1. The zero-order chi connectivity index (χ0) is 16.9. The Bertz CT molecular complexity index is 852. The number of carbonyl (C=O) groups excluding carboxylic acids is 1. The van der Waals surface area contributed by atoms with Crippen molar-refractivity contribution in [3.05, 3.63) is 77.9 Å². The van der Waals surface area contributed by atoms with E-state index in [1.807, 2.05) is 80.7 Å². The number of carbonyl (C=O) groups is 1. The van der Waals surface area contributed by atoms with E-state index in [1.165, 1.54) is 0 Å². The van der Waals surface area contributed by atoms with E-state index in [-0.39, 0.29) is 5.91 Å². The van der Waals surface area contributed by atoms with Gasteiger partial charge in [0.25, 0.3) is 5.91 Å². The normalized spacial score (nSPS) is 10.6. The van der Waals surface area contributed by atoms with E-state index in [4.69, 9.17) is 4.74 Å². The number of nitrogens with zero attached hydrogens (tertiary/aromatic N) is 1. The van der Waals surface area contributed by atoms with Crippen LogP contribution in [0.2, 0.25) is 0 Å². The summed E-state index contributed by atoms with van der Waals surface area (Å²) in [5.74, 6) is 0.878. The minimum absolute atomic E-state index is 0.0141. The van der Waals surface area contributed by atoms with Crippen LogP contribution in [0.1, 0.15) is 15.9 Å². The molecule has 0 aliphatic heterocycles. The second kappa shape index (κ2) is 7.18. The maximum atomic E-state index is 12.7. The summed E-state index contributed by atoms with van der Waals surface area (Å²) in [6, 6.07) is 21.7. The maximum Gasteiger partial charge on any atom is 0.254 e. The van der Waals surface area contributed by atoms with Gasteiger partial charge in [0.15, 0.2) is 0 Å². The van der Waals surface area contributed by atoms with Gasteiger partial charge in [0.2, 0.25) is 0 Å². The van der Waals surface area contributed by atoms with Gasteiger partial charge >= 0.3 is 0 Å². The average molecular weight is 319 g/mol. The molecule has 3 aromatic carbocycles. The van der Waals surface area contributed by atoms with Crippen molar-refractivity contribution in [3.63, 3.8) is 0 Å². The first-order valence-electron chi connectivity index (χ1n) is 8.08. The molecule has 0 heterocycles. The standard InChI is InChI=1S/C21H21NO2/c1-16-8-3-6-13-20(16)24-15-14-22(2)21(23)19-12-7-10-17-9-4-5-11-18(17)19/h3-13H,14-15H2,1-2H3. The van der Waals surface area contributed by atoms with Crippen molar-refractivity contribution in [1.29, 1.82) is 0 Å². The number of benzene rings is 3. The smallest absolute Gasteiger partial charge is 0.254 e.